The van der Waals surface area contributed by atoms with Crippen LogP contribution in [0.25, 0.3) is 0 Å². The van der Waals surface area contributed by atoms with Gasteiger partial charge in [-0.05, 0) is 0 Å². The number of thiol groups is 1. The van der Waals surface area contributed by atoms with E-state index in [4.69, 9.17) is 9.47 Å². The van der Waals surface area contributed by atoms with Crippen LogP contribution in [0.15, 0.2) is 0 Å². The lowest BCUT2D eigenvalue weighted by Crippen LogP contribution is -2.39. The van der Waals surface area contributed by atoms with E-state index < -0.39 is 0 Å². The Bertz CT molecular complexity index is 93.8. The molecule has 0 N–H and O–H groups in total. The summed E-state index contributed by atoms with van der Waals surface area (Å²) >= 11 is 4.25. The molecule has 1 fully saturated rings. The van der Waals surface area contributed by atoms with Crippen molar-refractivity contribution < 1.29 is 9.47 Å². The third kappa shape index (κ3) is 1.65. The quantitative estimate of drug-likeness (QED) is 0.613. The summed E-state index contributed by atoms with van der Waals surface area (Å²) in [6.45, 7) is 1.63. The average Bonchev–Trinajstić information content (AvgIpc) is 2.06. The van der Waals surface area contributed by atoms with E-state index in [1.165, 1.54) is 0 Å². The minimum Gasteiger partial charge on any atom is -0.381 e. The predicted octanol–water partition coefficient (Wildman–Crippen LogP) is 1.11. The maximum absolute atomic E-state index is 5.37. The molecule has 0 aromatic heterocycles. The monoisotopic (exact) mass is 162 g/mol. The standard InChI is InChI=1S/C7H14O2S/c1-8-7(6-10)2-4-9-5-3-7/h10H,2-6H2,1H3. The Morgan fingerprint density at radius 2 is 2.10 bits per heavy atom. The second-order valence-corrected chi connectivity index (χ2v) is 2.97. The lowest BCUT2D eigenvalue weighted by atomic mass is 9.97. The molecule has 2 nitrogen and oxygen atoms in total. The van der Waals surface area contributed by atoms with Crippen LogP contribution in [0.2, 0.25) is 0 Å². The molecule has 0 aromatic rings. The van der Waals surface area contributed by atoms with Crippen molar-refractivity contribution in [2.75, 3.05) is 26.1 Å². The average molecular weight is 162 g/mol. The van der Waals surface area contributed by atoms with Crippen LogP contribution in [0.4, 0.5) is 0 Å². The van der Waals surface area contributed by atoms with Crippen LogP contribution >= 0.6 is 12.6 Å². The molecular formula is C7H14O2S. The van der Waals surface area contributed by atoms with Gasteiger partial charge in [0, 0.05) is 38.9 Å². The van der Waals surface area contributed by atoms with E-state index in [0.29, 0.717) is 0 Å². The summed E-state index contributed by atoms with van der Waals surface area (Å²) < 4.78 is 10.6. The molecule has 0 spiro atoms. The molecule has 10 heavy (non-hydrogen) atoms. The summed E-state index contributed by atoms with van der Waals surface area (Å²) in [6.07, 6.45) is 1.96. The molecule has 0 radical (unpaired) electrons. The maximum Gasteiger partial charge on any atom is 0.0810 e. The highest BCUT2D eigenvalue weighted by atomic mass is 32.1. The Hall–Kier alpha value is 0.270. The minimum atomic E-state index is 0.00135. The van der Waals surface area contributed by atoms with Crippen molar-refractivity contribution in [1.29, 1.82) is 0 Å². The lowest BCUT2D eigenvalue weighted by molar-refractivity contribution is -0.0739. The van der Waals surface area contributed by atoms with Gasteiger partial charge in [0.15, 0.2) is 0 Å². The van der Waals surface area contributed by atoms with Crippen molar-refractivity contribution in [1.82, 2.24) is 0 Å². The third-order valence-corrected chi connectivity index (χ3v) is 2.70. The van der Waals surface area contributed by atoms with Crippen LogP contribution in [0.3, 0.4) is 0 Å². The number of ether oxygens (including phenoxy) is 2. The summed E-state index contributed by atoms with van der Waals surface area (Å²) in [4.78, 5) is 0. The van der Waals surface area contributed by atoms with Gasteiger partial charge in [0.25, 0.3) is 0 Å². The van der Waals surface area contributed by atoms with Gasteiger partial charge in [-0.15, -0.1) is 0 Å². The zero-order valence-corrected chi connectivity index (χ0v) is 7.19. The fraction of sp³-hybridized carbons (Fsp3) is 1.00. The van der Waals surface area contributed by atoms with Crippen molar-refractivity contribution in [2.45, 2.75) is 18.4 Å². The first-order valence-electron chi connectivity index (χ1n) is 3.57. The molecule has 0 aliphatic carbocycles. The van der Waals surface area contributed by atoms with E-state index in [1.807, 2.05) is 0 Å². The molecule has 1 heterocycles. The zero-order valence-electron chi connectivity index (χ0n) is 6.30. The van der Waals surface area contributed by atoms with E-state index in [1.54, 1.807) is 7.11 Å². The Balaban J connectivity index is 2.44. The molecule has 1 aliphatic heterocycles. The molecule has 3 heteroatoms. The summed E-state index contributed by atoms with van der Waals surface area (Å²) in [7, 11) is 1.75. The highest BCUT2D eigenvalue weighted by Gasteiger charge is 2.30. The van der Waals surface area contributed by atoms with Crippen LogP contribution in [0.5, 0.6) is 0 Å². The van der Waals surface area contributed by atoms with Crippen LogP contribution < -0.4 is 0 Å². The maximum atomic E-state index is 5.37. The first kappa shape index (κ1) is 8.37. The number of hydrogen-bond donors (Lipinski definition) is 1. The number of methoxy groups -OCH3 is 1. The molecule has 0 saturated carbocycles. The lowest BCUT2D eigenvalue weighted by Gasteiger charge is -2.34. The molecule has 0 unspecified atom stereocenters. The Labute approximate surface area is 67.3 Å². The Morgan fingerprint density at radius 1 is 1.50 bits per heavy atom. The van der Waals surface area contributed by atoms with Crippen LogP contribution in [0, 0.1) is 0 Å². The van der Waals surface area contributed by atoms with Gasteiger partial charge in [-0.1, -0.05) is 0 Å². The number of hydrogen-bond acceptors (Lipinski definition) is 3. The molecule has 1 aliphatic rings. The van der Waals surface area contributed by atoms with E-state index >= 15 is 0 Å². The fourth-order valence-electron chi connectivity index (χ4n) is 1.17. The normalized spacial score (nSPS) is 24.6. The fourth-order valence-corrected chi connectivity index (χ4v) is 1.62. The SMILES string of the molecule is COC1(CS)CCOCC1. The topological polar surface area (TPSA) is 18.5 Å². The molecule has 0 aromatic carbocycles. The van der Waals surface area contributed by atoms with Gasteiger partial charge in [0.2, 0.25) is 0 Å². The smallest absolute Gasteiger partial charge is 0.0810 e. The largest absolute Gasteiger partial charge is 0.381 e. The molecule has 0 amide bonds. The van der Waals surface area contributed by atoms with Crippen molar-refractivity contribution in [3.63, 3.8) is 0 Å². The van der Waals surface area contributed by atoms with Gasteiger partial charge in [-0.2, -0.15) is 12.6 Å². The summed E-state index contributed by atoms with van der Waals surface area (Å²) in [6, 6.07) is 0. The molecular weight excluding hydrogens is 148 g/mol. The summed E-state index contributed by atoms with van der Waals surface area (Å²) in [5, 5.41) is 0. The van der Waals surface area contributed by atoms with Crippen molar-refractivity contribution >= 4 is 12.6 Å². The van der Waals surface area contributed by atoms with Crippen LogP contribution in [-0.2, 0) is 9.47 Å². The molecule has 0 atom stereocenters. The molecule has 60 valence electrons. The van der Waals surface area contributed by atoms with Crippen molar-refractivity contribution in [3.05, 3.63) is 0 Å². The molecule has 1 rings (SSSR count). The Morgan fingerprint density at radius 3 is 2.40 bits per heavy atom. The minimum absolute atomic E-state index is 0.00135. The van der Waals surface area contributed by atoms with E-state index in [9.17, 15) is 0 Å². The first-order chi connectivity index (χ1) is 4.83. The second kappa shape index (κ2) is 3.60. The number of rotatable bonds is 2. The predicted molar refractivity (Wildman–Crippen MR) is 43.6 cm³/mol. The van der Waals surface area contributed by atoms with Crippen LogP contribution in [0.1, 0.15) is 12.8 Å². The summed E-state index contributed by atoms with van der Waals surface area (Å²) in [5.74, 6) is 0.798. The van der Waals surface area contributed by atoms with Gasteiger partial charge in [0.1, 0.15) is 0 Å². The van der Waals surface area contributed by atoms with Gasteiger partial charge in [-0.3, -0.25) is 0 Å². The Kier molecular flexibility index (Phi) is 3.01. The van der Waals surface area contributed by atoms with E-state index in [2.05, 4.69) is 12.6 Å². The van der Waals surface area contributed by atoms with Crippen molar-refractivity contribution in [3.8, 4) is 0 Å². The zero-order chi connectivity index (χ0) is 7.45. The highest BCUT2D eigenvalue weighted by molar-refractivity contribution is 7.80. The van der Waals surface area contributed by atoms with Crippen molar-refractivity contribution in [2.24, 2.45) is 0 Å². The van der Waals surface area contributed by atoms with E-state index in [0.717, 1.165) is 31.8 Å². The van der Waals surface area contributed by atoms with Crippen LogP contribution in [-0.4, -0.2) is 31.7 Å². The highest BCUT2D eigenvalue weighted by Crippen LogP contribution is 2.25. The van der Waals surface area contributed by atoms with Gasteiger partial charge in [0.05, 0.1) is 5.60 Å². The van der Waals surface area contributed by atoms with E-state index in [-0.39, 0.29) is 5.60 Å². The summed E-state index contributed by atoms with van der Waals surface area (Å²) in [5.41, 5.74) is 0.00135. The van der Waals surface area contributed by atoms with Gasteiger partial charge < -0.3 is 9.47 Å². The third-order valence-electron chi connectivity index (χ3n) is 2.13. The molecule has 1 saturated heterocycles. The first-order valence-corrected chi connectivity index (χ1v) is 4.20. The van der Waals surface area contributed by atoms with Gasteiger partial charge in [-0.25, -0.2) is 0 Å². The second-order valence-electron chi connectivity index (χ2n) is 2.66. The van der Waals surface area contributed by atoms with Gasteiger partial charge >= 0.3 is 0 Å². The molecule has 0 bridgehead atoms.